The number of aliphatic hydroxyl groups is 4. The van der Waals surface area contributed by atoms with E-state index in [0.717, 1.165) is 18.2 Å². The average molecular weight is 464 g/mol. The van der Waals surface area contributed by atoms with Gasteiger partial charge in [0.05, 0.1) is 13.7 Å². The third-order valence-corrected chi connectivity index (χ3v) is 5.04. The van der Waals surface area contributed by atoms with E-state index in [9.17, 15) is 40.5 Å². The summed E-state index contributed by atoms with van der Waals surface area (Å²) in [6, 6.07) is 6.26. The number of ketones is 1. The van der Waals surface area contributed by atoms with E-state index in [4.69, 9.17) is 14.2 Å². The fourth-order valence-electron chi connectivity index (χ4n) is 3.27. The highest BCUT2D eigenvalue weighted by Crippen LogP contribution is 2.36. The van der Waals surface area contributed by atoms with Crippen molar-refractivity contribution in [1.29, 1.82) is 0 Å². The van der Waals surface area contributed by atoms with Gasteiger partial charge in [-0.1, -0.05) is 12.1 Å². The molecule has 1 fully saturated rings. The van der Waals surface area contributed by atoms with Crippen molar-refractivity contribution in [3.05, 3.63) is 47.5 Å². The number of hydrogen-bond acceptors (Lipinski definition) is 11. The predicted octanol–water partition coefficient (Wildman–Crippen LogP) is -0.113. The summed E-state index contributed by atoms with van der Waals surface area (Å²) in [5.74, 6) is -2.13. The smallest absolute Gasteiger partial charge is 0.229 e. The van der Waals surface area contributed by atoms with Crippen LogP contribution in [0.4, 0.5) is 0 Å². The lowest BCUT2D eigenvalue weighted by atomic mass is 9.99. The predicted molar refractivity (Wildman–Crippen MR) is 112 cm³/mol. The van der Waals surface area contributed by atoms with Gasteiger partial charge in [-0.15, -0.1) is 0 Å². The van der Waals surface area contributed by atoms with Crippen molar-refractivity contribution < 1.29 is 54.8 Å². The van der Waals surface area contributed by atoms with Crippen LogP contribution >= 0.6 is 0 Å². The number of methoxy groups -OCH3 is 1. The number of ether oxygens (including phenoxy) is 3. The van der Waals surface area contributed by atoms with Crippen LogP contribution in [0.15, 0.2) is 36.4 Å². The summed E-state index contributed by atoms with van der Waals surface area (Å²) >= 11 is 0. The van der Waals surface area contributed by atoms with E-state index in [1.165, 1.54) is 31.4 Å². The van der Waals surface area contributed by atoms with Crippen LogP contribution in [-0.2, 0) is 4.74 Å². The van der Waals surface area contributed by atoms with Crippen molar-refractivity contribution in [1.82, 2.24) is 0 Å². The van der Waals surface area contributed by atoms with E-state index in [2.05, 4.69) is 0 Å². The molecule has 1 aliphatic rings. The summed E-state index contributed by atoms with van der Waals surface area (Å²) in [5, 5.41) is 69.1. The Labute approximate surface area is 188 Å². The molecule has 1 heterocycles. The third-order valence-electron chi connectivity index (χ3n) is 5.04. The first-order valence-electron chi connectivity index (χ1n) is 9.78. The second-order valence-corrected chi connectivity index (χ2v) is 7.28. The quantitative estimate of drug-likeness (QED) is 0.214. The number of allylic oxidation sites excluding steroid dienone is 1. The minimum Gasteiger partial charge on any atom is -0.508 e. The minimum absolute atomic E-state index is 0.0904. The van der Waals surface area contributed by atoms with E-state index < -0.39 is 54.6 Å². The molecule has 2 aromatic rings. The minimum atomic E-state index is -1.77. The zero-order chi connectivity index (χ0) is 24.3. The molecule has 0 spiro atoms. The van der Waals surface area contributed by atoms with E-state index >= 15 is 0 Å². The van der Waals surface area contributed by atoms with Crippen molar-refractivity contribution >= 4 is 11.9 Å². The molecule has 1 aliphatic heterocycles. The van der Waals surface area contributed by atoms with Gasteiger partial charge in [-0.2, -0.15) is 0 Å². The molecule has 7 N–H and O–H groups in total. The molecular weight excluding hydrogens is 440 g/mol. The third kappa shape index (κ3) is 5.18. The summed E-state index contributed by atoms with van der Waals surface area (Å²) in [6.45, 7) is -0.694. The largest absolute Gasteiger partial charge is 0.508 e. The van der Waals surface area contributed by atoms with E-state index in [1.807, 2.05) is 0 Å². The molecule has 11 nitrogen and oxygen atoms in total. The van der Waals surface area contributed by atoms with Crippen LogP contribution in [0.3, 0.4) is 0 Å². The van der Waals surface area contributed by atoms with Gasteiger partial charge in [0, 0.05) is 12.1 Å². The number of carbonyl (C=O) groups excluding carboxylic acids is 1. The fourth-order valence-corrected chi connectivity index (χ4v) is 3.27. The SMILES string of the molecule is COc1cc(/C=C/C(=O)c2c(O)cc(O)cc2O[C@H]2O[C@@H](CO)[C@H](O)[C@@H](O)[C@@H]2O)ccc1O. The van der Waals surface area contributed by atoms with Crippen LogP contribution in [0.1, 0.15) is 15.9 Å². The average Bonchev–Trinajstić information content (AvgIpc) is 2.78. The lowest BCUT2D eigenvalue weighted by molar-refractivity contribution is -0.277. The topological polar surface area (TPSA) is 186 Å². The molecule has 3 rings (SSSR count). The Morgan fingerprint density at radius 3 is 2.39 bits per heavy atom. The number of hydrogen-bond donors (Lipinski definition) is 7. The van der Waals surface area contributed by atoms with Crippen molar-refractivity contribution in [3.8, 4) is 28.7 Å². The van der Waals surface area contributed by atoms with E-state index in [1.54, 1.807) is 0 Å². The van der Waals surface area contributed by atoms with Gasteiger partial charge in [-0.3, -0.25) is 4.79 Å². The Morgan fingerprint density at radius 2 is 1.73 bits per heavy atom. The standard InChI is InChI=1S/C22H24O11/c1-31-15-6-10(2-4-12(15)25)3-5-13(26)18-14(27)7-11(24)8-16(18)32-22-21(30)20(29)19(28)17(9-23)33-22/h2-8,17,19-25,27-30H,9H2,1H3/b5-3+/t17-,19-,20+,21-,22-/m0/s1. The van der Waals surface area contributed by atoms with Gasteiger partial charge in [0.1, 0.15) is 47.2 Å². The first-order valence-corrected chi connectivity index (χ1v) is 9.78. The number of benzene rings is 2. The highest BCUT2D eigenvalue weighted by molar-refractivity contribution is 6.10. The van der Waals surface area contributed by atoms with Crippen LogP contribution in [0.5, 0.6) is 28.7 Å². The zero-order valence-electron chi connectivity index (χ0n) is 17.4. The molecule has 33 heavy (non-hydrogen) atoms. The van der Waals surface area contributed by atoms with Crippen LogP contribution in [-0.4, -0.2) is 86.0 Å². The van der Waals surface area contributed by atoms with Gasteiger partial charge < -0.3 is 50.0 Å². The molecular formula is C22H24O11. The molecule has 0 radical (unpaired) electrons. The molecule has 2 aromatic carbocycles. The number of aromatic hydroxyl groups is 3. The van der Waals surface area contributed by atoms with Crippen molar-refractivity contribution in [2.24, 2.45) is 0 Å². The zero-order valence-corrected chi connectivity index (χ0v) is 17.4. The molecule has 5 atom stereocenters. The van der Waals surface area contributed by atoms with Crippen LogP contribution in [0.25, 0.3) is 6.08 Å². The second-order valence-electron chi connectivity index (χ2n) is 7.28. The maximum atomic E-state index is 12.8. The second kappa shape index (κ2) is 10.1. The molecule has 0 aromatic heterocycles. The lowest BCUT2D eigenvalue weighted by Crippen LogP contribution is -2.60. The number of aliphatic hydroxyl groups excluding tert-OH is 4. The maximum absolute atomic E-state index is 12.8. The normalized spacial score (nSPS) is 25.2. The van der Waals surface area contributed by atoms with Gasteiger partial charge in [-0.25, -0.2) is 0 Å². The molecule has 178 valence electrons. The van der Waals surface area contributed by atoms with Crippen molar-refractivity contribution in [2.75, 3.05) is 13.7 Å². The monoisotopic (exact) mass is 464 g/mol. The number of phenols is 3. The summed E-state index contributed by atoms with van der Waals surface area (Å²) in [5.41, 5.74) is 0.111. The Morgan fingerprint density at radius 1 is 1.00 bits per heavy atom. The van der Waals surface area contributed by atoms with Gasteiger partial charge >= 0.3 is 0 Å². The Kier molecular flexibility index (Phi) is 7.41. The molecule has 0 bridgehead atoms. The summed E-state index contributed by atoms with van der Waals surface area (Å²) in [7, 11) is 1.37. The molecule has 11 heteroatoms. The Hall–Kier alpha value is -3.35. The molecule has 0 saturated carbocycles. The van der Waals surface area contributed by atoms with Gasteiger partial charge in [0.15, 0.2) is 17.3 Å². The summed E-state index contributed by atoms with van der Waals surface area (Å²) in [4.78, 5) is 12.8. The summed E-state index contributed by atoms with van der Waals surface area (Å²) in [6.07, 6.45) is -5.53. The van der Waals surface area contributed by atoms with Crippen molar-refractivity contribution in [2.45, 2.75) is 30.7 Å². The Bertz CT molecular complexity index is 1030. The number of rotatable bonds is 7. The molecule has 0 unspecified atom stereocenters. The highest BCUT2D eigenvalue weighted by atomic mass is 16.7. The lowest BCUT2D eigenvalue weighted by Gasteiger charge is -2.39. The van der Waals surface area contributed by atoms with Gasteiger partial charge in [0.25, 0.3) is 0 Å². The van der Waals surface area contributed by atoms with Crippen LogP contribution in [0.2, 0.25) is 0 Å². The first kappa shape index (κ1) is 24.3. The van der Waals surface area contributed by atoms with Gasteiger partial charge in [-0.05, 0) is 23.8 Å². The fraction of sp³-hybridized carbons (Fsp3) is 0.318. The van der Waals surface area contributed by atoms with E-state index in [-0.39, 0.29) is 22.8 Å². The maximum Gasteiger partial charge on any atom is 0.229 e. The first-order chi connectivity index (χ1) is 15.7. The summed E-state index contributed by atoms with van der Waals surface area (Å²) < 4.78 is 15.7. The molecule has 0 amide bonds. The van der Waals surface area contributed by atoms with Crippen LogP contribution < -0.4 is 9.47 Å². The number of carbonyl (C=O) groups is 1. The molecule has 1 saturated heterocycles. The van der Waals surface area contributed by atoms with Gasteiger partial charge in [0.2, 0.25) is 6.29 Å². The van der Waals surface area contributed by atoms with E-state index in [0.29, 0.717) is 5.56 Å². The van der Waals surface area contributed by atoms with Crippen molar-refractivity contribution in [3.63, 3.8) is 0 Å². The Balaban J connectivity index is 1.90. The number of phenolic OH excluding ortho intramolecular Hbond substituents is 3. The van der Waals surface area contributed by atoms with Crippen LogP contribution in [0, 0.1) is 0 Å². The molecule has 0 aliphatic carbocycles. The highest BCUT2D eigenvalue weighted by Gasteiger charge is 2.45.